The second kappa shape index (κ2) is 6.05. The number of nitrogens with one attached hydrogen (secondary N) is 1. The highest BCUT2D eigenvalue weighted by molar-refractivity contribution is 5.40. The summed E-state index contributed by atoms with van der Waals surface area (Å²) in [4.78, 5) is 0. The predicted molar refractivity (Wildman–Crippen MR) is 76.8 cm³/mol. The maximum Gasteiger partial charge on any atom is 0.123 e. The molecule has 0 radical (unpaired) electrons. The van der Waals surface area contributed by atoms with Gasteiger partial charge in [-0.2, -0.15) is 0 Å². The normalized spacial score (nSPS) is 16.9. The van der Waals surface area contributed by atoms with Gasteiger partial charge in [0.1, 0.15) is 11.9 Å². The molecule has 1 aliphatic heterocycles. The van der Waals surface area contributed by atoms with Gasteiger partial charge in [-0.25, -0.2) is 0 Å². The average Bonchev–Trinajstić information content (AvgIpc) is 3.06. The van der Waals surface area contributed by atoms with Gasteiger partial charge >= 0.3 is 0 Å². The molecule has 5 nitrogen and oxygen atoms in total. The first-order valence-electron chi connectivity index (χ1n) is 7.12. The molecule has 0 amide bonds. The fourth-order valence-corrected chi connectivity index (χ4v) is 2.54. The van der Waals surface area contributed by atoms with E-state index in [2.05, 4.69) is 40.8 Å². The minimum absolute atomic E-state index is 0.262. The zero-order valence-corrected chi connectivity index (χ0v) is 11.7. The lowest BCUT2D eigenvalue weighted by atomic mass is 10.1. The summed E-state index contributed by atoms with van der Waals surface area (Å²) in [6.07, 6.45) is 5.91. The van der Waals surface area contributed by atoms with E-state index < -0.39 is 0 Å². The van der Waals surface area contributed by atoms with Crippen LogP contribution in [0.15, 0.2) is 30.6 Å². The monoisotopic (exact) mass is 272 g/mol. The van der Waals surface area contributed by atoms with Crippen LogP contribution in [0.2, 0.25) is 0 Å². The maximum absolute atomic E-state index is 5.92. The second-order valence-electron chi connectivity index (χ2n) is 5.28. The third kappa shape index (κ3) is 3.17. The van der Waals surface area contributed by atoms with Crippen LogP contribution in [-0.4, -0.2) is 34.2 Å². The van der Waals surface area contributed by atoms with Crippen LogP contribution in [-0.2, 0) is 13.0 Å². The van der Waals surface area contributed by atoms with Gasteiger partial charge in [-0.1, -0.05) is 22.9 Å². The Hall–Kier alpha value is -1.88. The van der Waals surface area contributed by atoms with Crippen molar-refractivity contribution in [3.63, 3.8) is 0 Å². The molecule has 20 heavy (non-hydrogen) atoms. The Balaban J connectivity index is 1.36. The Bertz CT molecular complexity index is 553. The minimum atomic E-state index is 0.262. The Morgan fingerprint density at radius 2 is 2.40 bits per heavy atom. The number of hydrogen-bond donors (Lipinski definition) is 1. The summed E-state index contributed by atoms with van der Waals surface area (Å²) in [5.74, 6) is 1.05. The summed E-state index contributed by atoms with van der Waals surface area (Å²) in [5.41, 5.74) is 2.63. The smallest absolute Gasteiger partial charge is 0.123 e. The van der Waals surface area contributed by atoms with E-state index in [4.69, 9.17) is 4.74 Å². The van der Waals surface area contributed by atoms with Crippen molar-refractivity contribution in [2.45, 2.75) is 32.4 Å². The number of aromatic nitrogens is 3. The molecule has 1 N–H and O–H groups in total. The van der Waals surface area contributed by atoms with Gasteiger partial charge in [-0.3, -0.25) is 4.68 Å². The first-order valence-corrected chi connectivity index (χ1v) is 7.12. The van der Waals surface area contributed by atoms with Crippen LogP contribution in [0.4, 0.5) is 0 Å². The van der Waals surface area contributed by atoms with Crippen molar-refractivity contribution < 1.29 is 4.74 Å². The molecule has 2 heterocycles. The van der Waals surface area contributed by atoms with E-state index in [1.165, 1.54) is 11.1 Å². The minimum Gasteiger partial charge on any atom is -0.488 e. The molecule has 3 rings (SSSR count). The van der Waals surface area contributed by atoms with Crippen LogP contribution in [0.25, 0.3) is 0 Å². The molecule has 0 spiro atoms. The van der Waals surface area contributed by atoms with Crippen molar-refractivity contribution in [1.29, 1.82) is 0 Å². The van der Waals surface area contributed by atoms with Crippen LogP contribution < -0.4 is 10.1 Å². The van der Waals surface area contributed by atoms with Crippen LogP contribution in [0, 0.1) is 6.92 Å². The predicted octanol–water partition coefficient (Wildman–Crippen LogP) is 1.57. The van der Waals surface area contributed by atoms with Gasteiger partial charge < -0.3 is 10.1 Å². The lowest BCUT2D eigenvalue weighted by molar-refractivity contribution is 0.227. The van der Waals surface area contributed by atoms with Crippen molar-refractivity contribution in [2.24, 2.45) is 0 Å². The number of aryl methyl sites for hydroxylation is 2. The van der Waals surface area contributed by atoms with Gasteiger partial charge in [0.15, 0.2) is 0 Å². The van der Waals surface area contributed by atoms with E-state index in [-0.39, 0.29) is 6.10 Å². The highest BCUT2D eigenvalue weighted by Gasteiger charge is 2.21. The van der Waals surface area contributed by atoms with Crippen molar-refractivity contribution in [3.8, 4) is 5.75 Å². The van der Waals surface area contributed by atoms with Crippen LogP contribution >= 0.6 is 0 Å². The Kier molecular flexibility index (Phi) is 3.97. The molecule has 0 saturated carbocycles. The summed E-state index contributed by atoms with van der Waals surface area (Å²) in [6, 6.07) is 6.40. The Morgan fingerprint density at radius 3 is 3.25 bits per heavy atom. The zero-order chi connectivity index (χ0) is 13.8. The first kappa shape index (κ1) is 13.1. The third-order valence-corrected chi connectivity index (χ3v) is 3.54. The van der Waals surface area contributed by atoms with E-state index in [0.29, 0.717) is 0 Å². The molecule has 0 aliphatic carbocycles. The standard InChI is InChI=1S/C15H20N4O/c1-12-3-4-15-13(9-12)10-14(20-15)11-16-5-2-7-19-8-6-17-18-19/h3-4,6,8-9,14,16H,2,5,7,10-11H2,1H3. The summed E-state index contributed by atoms with van der Waals surface area (Å²) in [6.45, 7) is 4.88. The molecule has 1 unspecified atom stereocenters. The molecule has 0 fully saturated rings. The van der Waals surface area contributed by atoms with E-state index in [9.17, 15) is 0 Å². The molecule has 5 heteroatoms. The highest BCUT2D eigenvalue weighted by Crippen LogP contribution is 2.29. The second-order valence-corrected chi connectivity index (χ2v) is 5.28. The topological polar surface area (TPSA) is 52.0 Å². The van der Waals surface area contributed by atoms with Gasteiger partial charge in [-0.15, -0.1) is 5.10 Å². The lowest BCUT2D eigenvalue weighted by Crippen LogP contribution is -2.31. The largest absolute Gasteiger partial charge is 0.488 e. The van der Waals surface area contributed by atoms with Crippen molar-refractivity contribution >= 4 is 0 Å². The molecule has 106 valence electrons. The molecule has 1 atom stereocenters. The lowest BCUT2D eigenvalue weighted by Gasteiger charge is -2.11. The van der Waals surface area contributed by atoms with E-state index in [1.54, 1.807) is 6.20 Å². The third-order valence-electron chi connectivity index (χ3n) is 3.54. The molecule has 2 aromatic rings. The molecular formula is C15H20N4O. The Labute approximate surface area is 118 Å². The molecule has 0 bridgehead atoms. The summed E-state index contributed by atoms with van der Waals surface area (Å²) >= 11 is 0. The molecule has 1 aliphatic rings. The van der Waals surface area contributed by atoms with E-state index >= 15 is 0 Å². The summed E-state index contributed by atoms with van der Waals surface area (Å²) in [5, 5.41) is 11.2. The van der Waals surface area contributed by atoms with E-state index in [1.807, 2.05) is 10.9 Å². The SMILES string of the molecule is Cc1ccc2c(c1)CC(CNCCCn1ccnn1)O2. The fourth-order valence-electron chi connectivity index (χ4n) is 2.54. The maximum atomic E-state index is 5.92. The molecular weight excluding hydrogens is 252 g/mol. The van der Waals surface area contributed by atoms with Gasteiger partial charge in [0.05, 0.1) is 6.20 Å². The number of nitrogens with zero attached hydrogens (tertiary/aromatic N) is 3. The van der Waals surface area contributed by atoms with Crippen molar-refractivity contribution in [3.05, 3.63) is 41.7 Å². The van der Waals surface area contributed by atoms with Gasteiger partial charge in [0, 0.05) is 25.7 Å². The van der Waals surface area contributed by atoms with Crippen LogP contribution in [0.3, 0.4) is 0 Å². The number of fused-ring (bicyclic) bond motifs is 1. The summed E-state index contributed by atoms with van der Waals surface area (Å²) in [7, 11) is 0. The highest BCUT2D eigenvalue weighted by atomic mass is 16.5. The molecule has 0 saturated heterocycles. The van der Waals surface area contributed by atoms with Crippen LogP contribution in [0.5, 0.6) is 5.75 Å². The van der Waals surface area contributed by atoms with Gasteiger partial charge in [0.2, 0.25) is 0 Å². The van der Waals surface area contributed by atoms with Gasteiger partial charge in [0.25, 0.3) is 0 Å². The average molecular weight is 272 g/mol. The number of rotatable bonds is 6. The molecule has 1 aromatic carbocycles. The number of hydrogen-bond acceptors (Lipinski definition) is 4. The van der Waals surface area contributed by atoms with Crippen molar-refractivity contribution in [1.82, 2.24) is 20.3 Å². The quantitative estimate of drug-likeness (QED) is 0.811. The summed E-state index contributed by atoms with van der Waals surface area (Å²) < 4.78 is 7.78. The van der Waals surface area contributed by atoms with E-state index in [0.717, 1.165) is 38.2 Å². The first-order chi connectivity index (χ1) is 9.81. The fraction of sp³-hybridized carbons (Fsp3) is 0.467. The number of benzene rings is 1. The zero-order valence-electron chi connectivity index (χ0n) is 11.7. The van der Waals surface area contributed by atoms with Crippen molar-refractivity contribution in [2.75, 3.05) is 13.1 Å². The molecule has 1 aromatic heterocycles. The number of ether oxygens (including phenoxy) is 1. The Morgan fingerprint density at radius 1 is 1.45 bits per heavy atom. The van der Waals surface area contributed by atoms with Crippen LogP contribution in [0.1, 0.15) is 17.5 Å². The van der Waals surface area contributed by atoms with Gasteiger partial charge in [-0.05, 0) is 31.5 Å².